The van der Waals surface area contributed by atoms with Gasteiger partial charge in [0, 0.05) is 0 Å². The fourth-order valence-corrected chi connectivity index (χ4v) is 2.31. The third-order valence-corrected chi connectivity index (χ3v) is 3.97. The van der Waals surface area contributed by atoms with E-state index in [0.717, 1.165) is 12.0 Å². The van der Waals surface area contributed by atoms with E-state index < -0.39 is 18.5 Å². The van der Waals surface area contributed by atoms with E-state index in [1.807, 2.05) is 19.1 Å². The summed E-state index contributed by atoms with van der Waals surface area (Å²) in [7, 11) is 0. The average molecular weight is 367 g/mol. The van der Waals surface area contributed by atoms with E-state index >= 15 is 0 Å². The number of anilines is 1. The van der Waals surface area contributed by atoms with Crippen LogP contribution in [0.3, 0.4) is 0 Å². The van der Waals surface area contributed by atoms with E-state index in [2.05, 4.69) is 10.3 Å². The Balaban J connectivity index is 1.93. The maximum Gasteiger partial charge on any atom is 0.338 e. The molecule has 1 aromatic carbocycles. The van der Waals surface area contributed by atoms with Crippen LogP contribution in [0.5, 0.6) is 0 Å². The molecule has 0 atom stereocenters. The van der Waals surface area contributed by atoms with Crippen molar-refractivity contribution >= 4 is 40.9 Å². The standard InChI is InChI=1S/C17H16Cl2N2O3/c1-3-11-4-6-12(7-5-11)17(23)24-9-15(22)21-16-14(19)8-13(18)10(2)20-16/h4-8H,3,9H2,1-2H3,(H,20,21,22). The van der Waals surface area contributed by atoms with Crippen LogP contribution in [0.2, 0.25) is 10.0 Å². The minimum absolute atomic E-state index is 0.173. The maximum absolute atomic E-state index is 11.9. The number of hydrogen-bond donors (Lipinski definition) is 1. The Bertz CT molecular complexity index is 761. The number of rotatable bonds is 5. The predicted octanol–water partition coefficient (Wildman–Crippen LogP) is 4.05. The van der Waals surface area contributed by atoms with Crippen LogP contribution >= 0.6 is 23.2 Å². The fraction of sp³-hybridized carbons (Fsp3) is 0.235. The Kier molecular flexibility index (Phi) is 6.17. The van der Waals surface area contributed by atoms with Gasteiger partial charge in [-0.3, -0.25) is 4.79 Å². The quantitative estimate of drug-likeness (QED) is 0.810. The molecule has 0 aliphatic heterocycles. The molecule has 0 radical (unpaired) electrons. The van der Waals surface area contributed by atoms with Crippen LogP contribution in [0.25, 0.3) is 0 Å². The van der Waals surface area contributed by atoms with Crippen molar-refractivity contribution < 1.29 is 14.3 Å². The molecule has 7 heteroatoms. The number of aromatic nitrogens is 1. The van der Waals surface area contributed by atoms with Crippen LogP contribution < -0.4 is 5.32 Å². The van der Waals surface area contributed by atoms with Crippen molar-refractivity contribution in [2.24, 2.45) is 0 Å². The zero-order valence-electron chi connectivity index (χ0n) is 13.2. The minimum atomic E-state index is -0.570. The second-order valence-electron chi connectivity index (χ2n) is 5.06. The Morgan fingerprint density at radius 3 is 2.46 bits per heavy atom. The third kappa shape index (κ3) is 4.69. The summed E-state index contributed by atoms with van der Waals surface area (Å²) in [6.45, 7) is 3.28. The average Bonchev–Trinajstić information content (AvgIpc) is 2.57. The number of amides is 1. The second kappa shape index (κ2) is 8.13. The molecular formula is C17H16Cl2N2O3. The molecule has 1 amide bonds. The van der Waals surface area contributed by atoms with E-state index in [1.54, 1.807) is 19.1 Å². The van der Waals surface area contributed by atoms with Gasteiger partial charge in [-0.05, 0) is 37.1 Å². The predicted molar refractivity (Wildman–Crippen MR) is 93.7 cm³/mol. The zero-order chi connectivity index (χ0) is 17.7. The summed E-state index contributed by atoms with van der Waals surface area (Å²) in [5.74, 6) is -0.935. The van der Waals surface area contributed by atoms with Crippen molar-refractivity contribution in [3.63, 3.8) is 0 Å². The molecule has 0 fully saturated rings. The lowest BCUT2D eigenvalue weighted by atomic mass is 10.1. The molecule has 2 aromatic rings. The molecule has 0 aliphatic carbocycles. The van der Waals surface area contributed by atoms with Crippen LogP contribution in [-0.2, 0) is 16.0 Å². The van der Waals surface area contributed by atoms with Gasteiger partial charge in [0.1, 0.15) is 0 Å². The number of ether oxygens (including phenoxy) is 1. The minimum Gasteiger partial charge on any atom is -0.452 e. The molecule has 2 rings (SSSR count). The number of hydrogen-bond acceptors (Lipinski definition) is 4. The monoisotopic (exact) mass is 366 g/mol. The summed E-state index contributed by atoms with van der Waals surface area (Å²) < 4.78 is 4.98. The summed E-state index contributed by atoms with van der Waals surface area (Å²) >= 11 is 11.8. The Labute approximate surface area is 149 Å². The molecule has 126 valence electrons. The Morgan fingerprint density at radius 1 is 1.17 bits per heavy atom. The molecule has 0 bridgehead atoms. The van der Waals surface area contributed by atoms with Gasteiger partial charge in [-0.1, -0.05) is 42.3 Å². The number of halogens is 2. The Hall–Kier alpha value is -2.11. The van der Waals surface area contributed by atoms with Crippen LogP contribution in [0.1, 0.15) is 28.5 Å². The lowest BCUT2D eigenvalue weighted by molar-refractivity contribution is -0.119. The number of esters is 1. The van der Waals surface area contributed by atoms with Gasteiger partial charge in [0.2, 0.25) is 0 Å². The van der Waals surface area contributed by atoms with Gasteiger partial charge in [0.05, 0.1) is 21.3 Å². The summed E-state index contributed by atoms with van der Waals surface area (Å²) in [5.41, 5.74) is 2.03. The van der Waals surface area contributed by atoms with E-state index in [9.17, 15) is 9.59 Å². The molecule has 0 spiro atoms. The van der Waals surface area contributed by atoms with E-state index in [4.69, 9.17) is 27.9 Å². The van der Waals surface area contributed by atoms with Gasteiger partial charge < -0.3 is 10.1 Å². The first-order valence-electron chi connectivity index (χ1n) is 7.29. The normalized spacial score (nSPS) is 10.3. The summed E-state index contributed by atoms with van der Waals surface area (Å²) in [4.78, 5) is 27.9. The highest BCUT2D eigenvalue weighted by Gasteiger charge is 2.13. The summed E-state index contributed by atoms with van der Waals surface area (Å²) in [5, 5.41) is 3.10. The highest BCUT2D eigenvalue weighted by atomic mass is 35.5. The van der Waals surface area contributed by atoms with Gasteiger partial charge in [0.15, 0.2) is 12.4 Å². The second-order valence-corrected chi connectivity index (χ2v) is 5.88. The smallest absolute Gasteiger partial charge is 0.338 e. The lowest BCUT2D eigenvalue weighted by Crippen LogP contribution is -2.21. The molecule has 24 heavy (non-hydrogen) atoms. The highest BCUT2D eigenvalue weighted by Crippen LogP contribution is 2.25. The number of benzene rings is 1. The first-order chi connectivity index (χ1) is 11.4. The van der Waals surface area contributed by atoms with Crippen molar-refractivity contribution in [3.05, 3.63) is 57.2 Å². The third-order valence-electron chi connectivity index (χ3n) is 3.29. The summed E-state index contributed by atoms with van der Waals surface area (Å²) in [6, 6.07) is 8.51. The fourth-order valence-electron chi connectivity index (χ4n) is 1.91. The molecule has 1 N–H and O–H groups in total. The van der Waals surface area contributed by atoms with Gasteiger partial charge in [0.25, 0.3) is 5.91 Å². The SMILES string of the molecule is CCc1ccc(C(=O)OCC(=O)Nc2nc(C)c(Cl)cc2Cl)cc1. The van der Waals surface area contributed by atoms with Crippen LogP contribution in [0.15, 0.2) is 30.3 Å². The Morgan fingerprint density at radius 2 is 1.83 bits per heavy atom. The van der Waals surface area contributed by atoms with Crippen LogP contribution in [-0.4, -0.2) is 23.5 Å². The molecule has 0 saturated heterocycles. The largest absolute Gasteiger partial charge is 0.452 e. The first-order valence-corrected chi connectivity index (χ1v) is 8.05. The van der Waals surface area contributed by atoms with Crippen LogP contribution in [0.4, 0.5) is 5.82 Å². The zero-order valence-corrected chi connectivity index (χ0v) is 14.7. The number of nitrogens with zero attached hydrogens (tertiary/aromatic N) is 1. The number of aryl methyl sites for hydroxylation is 2. The van der Waals surface area contributed by atoms with Crippen LogP contribution in [0, 0.1) is 6.92 Å². The van der Waals surface area contributed by atoms with Crippen molar-refractivity contribution in [2.75, 3.05) is 11.9 Å². The first kappa shape index (κ1) is 18.2. The molecule has 1 heterocycles. The van der Waals surface area contributed by atoms with Gasteiger partial charge in [-0.15, -0.1) is 0 Å². The van der Waals surface area contributed by atoms with Gasteiger partial charge >= 0.3 is 5.97 Å². The van der Waals surface area contributed by atoms with Crippen molar-refractivity contribution in [2.45, 2.75) is 20.3 Å². The topological polar surface area (TPSA) is 68.3 Å². The van der Waals surface area contributed by atoms with Crippen molar-refractivity contribution in [1.29, 1.82) is 0 Å². The number of carbonyl (C=O) groups is 2. The number of carbonyl (C=O) groups excluding carboxylic acids is 2. The highest BCUT2D eigenvalue weighted by molar-refractivity contribution is 6.36. The van der Waals surface area contributed by atoms with E-state index in [-0.39, 0.29) is 10.8 Å². The molecule has 0 saturated carbocycles. The van der Waals surface area contributed by atoms with Crippen molar-refractivity contribution in [3.8, 4) is 0 Å². The van der Waals surface area contributed by atoms with Crippen molar-refractivity contribution in [1.82, 2.24) is 4.98 Å². The molecule has 5 nitrogen and oxygen atoms in total. The van der Waals surface area contributed by atoms with E-state index in [0.29, 0.717) is 16.3 Å². The van der Waals surface area contributed by atoms with Gasteiger partial charge in [-0.2, -0.15) is 0 Å². The number of nitrogens with one attached hydrogen (secondary N) is 1. The lowest BCUT2D eigenvalue weighted by Gasteiger charge is -2.09. The molecule has 0 aliphatic rings. The molecular weight excluding hydrogens is 351 g/mol. The molecule has 1 aromatic heterocycles. The maximum atomic E-state index is 11.9. The van der Waals surface area contributed by atoms with E-state index in [1.165, 1.54) is 6.07 Å². The summed E-state index contributed by atoms with van der Waals surface area (Å²) in [6.07, 6.45) is 0.881. The number of pyridine rings is 1. The molecule has 0 unspecified atom stereocenters. The van der Waals surface area contributed by atoms with Gasteiger partial charge in [-0.25, -0.2) is 9.78 Å².